The number of hydrogen-bond acceptors (Lipinski definition) is 3. The maximum absolute atomic E-state index is 11.1. The van der Waals surface area contributed by atoms with Crippen LogP contribution in [0.1, 0.15) is 19.3 Å². The van der Waals surface area contributed by atoms with E-state index >= 15 is 0 Å². The van der Waals surface area contributed by atoms with E-state index in [0.29, 0.717) is 19.4 Å². The Hall–Kier alpha value is -0.610. The molecule has 0 aromatic heterocycles. The molecule has 0 bridgehead atoms. The van der Waals surface area contributed by atoms with Gasteiger partial charge in [0.25, 0.3) is 0 Å². The first kappa shape index (κ1) is 9.48. The Morgan fingerprint density at radius 3 is 3.08 bits per heavy atom. The molecule has 0 saturated carbocycles. The molecule has 1 aliphatic rings. The molecule has 1 unspecified atom stereocenters. The molecule has 1 fully saturated rings. The van der Waals surface area contributed by atoms with E-state index in [4.69, 9.17) is 9.84 Å². The van der Waals surface area contributed by atoms with Crippen molar-refractivity contribution < 1.29 is 14.6 Å². The fourth-order valence-corrected chi connectivity index (χ4v) is 1.19. The summed E-state index contributed by atoms with van der Waals surface area (Å²) < 4.78 is 5.10. The molecule has 0 aromatic carbocycles. The van der Waals surface area contributed by atoms with E-state index in [1.54, 1.807) is 0 Å². The molecule has 0 spiro atoms. The predicted molar refractivity (Wildman–Crippen MR) is 43.7 cm³/mol. The fourth-order valence-electron chi connectivity index (χ4n) is 1.19. The highest BCUT2D eigenvalue weighted by atomic mass is 16.5. The first-order chi connectivity index (χ1) is 5.83. The number of rotatable bonds is 4. The summed E-state index contributed by atoms with van der Waals surface area (Å²) in [6, 6.07) is 0.191. The van der Waals surface area contributed by atoms with Crippen molar-refractivity contribution in [3.8, 4) is 0 Å². The summed E-state index contributed by atoms with van der Waals surface area (Å²) in [7, 11) is 0. The molecule has 0 aromatic rings. The van der Waals surface area contributed by atoms with Gasteiger partial charge < -0.3 is 15.2 Å². The Morgan fingerprint density at radius 1 is 1.67 bits per heavy atom. The van der Waals surface area contributed by atoms with Crippen molar-refractivity contribution in [2.24, 2.45) is 0 Å². The van der Waals surface area contributed by atoms with Crippen molar-refractivity contribution in [3.05, 3.63) is 0 Å². The van der Waals surface area contributed by atoms with Gasteiger partial charge in [-0.1, -0.05) is 0 Å². The summed E-state index contributed by atoms with van der Waals surface area (Å²) in [4.78, 5) is 11.1. The molecule has 4 heteroatoms. The van der Waals surface area contributed by atoms with Crippen LogP contribution in [0.25, 0.3) is 0 Å². The first-order valence-electron chi connectivity index (χ1n) is 4.31. The quantitative estimate of drug-likeness (QED) is 0.611. The van der Waals surface area contributed by atoms with Crippen LogP contribution in [0.15, 0.2) is 0 Å². The van der Waals surface area contributed by atoms with Gasteiger partial charge in [-0.3, -0.25) is 4.79 Å². The van der Waals surface area contributed by atoms with Crippen molar-refractivity contribution >= 4 is 5.91 Å². The molecule has 0 aliphatic carbocycles. The number of carbonyl (C=O) groups is 1. The lowest BCUT2D eigenvalue weighted by atomic mass is 10.2. The lowest BCUT2D eigenvalue weighted by Gasteiger charge is -2.09. The molecule has 1 atom stereocenters. The number of aliphatic hydroxyl groups is 1. The second-order valence-corrected chi connectivity index (χ2v) is 2.96. The molecule has 12 heavy (non-hydrogen) atoms. The monoisotopic (exact) mass is 173 g/mol. The van der Waals surface area contributed by atoms with Crippen molar-refractivity contribution in [2.75, 3.05) is 19.8 Å². The van der Waals surface area contributed by atoms with Crippen LogP contribution in [0.2, 0.25) is 0 Å². The minimum atomic E-state index is 0.0135. The normalized spacial score (nSPS) is 22.6. The third-order valence-corrected chi connectivity index (χ3v) is 1.86. The van der Waals surface area contributed by atoms with Gasteiger partial charge in [-0.2, -0.15) is 0 Å². The summed E-state index contributed by atoms with van der Waals surface area (Å²) in [6.07, 6.45) is 1.86. The predicted octanol–water partition coefficient (Wildman–Crippen LogP) is -0.336. The van der Waals surface area contributed by atoms with Crippen LogP contribution < -0.4 is 5.32 Å². The van der Waals surface area contributed by atoms with Gasteiger partial charge in [-0.25, -0.2) is 0 Å². The Bertz CT molecular complexity index is 143. The van der Waals surface area contributed by atoms with Crippen LogP contribution in [0.4, 0.5) is 0 Å². The van der Waals surface area contributed by atoms with Crippen molar-refractivity contribution in [1.29, 1.82) is 0 Å². The number of aliphatic hydroxyl groups excluding tert-OH is 1. The van der Waals surface area contributed by atoms with Gasteiger partial charge in [-0.05, 0) is 12.8 Å². The molecule has 4 nitrogen and oxygen atoms in total. The molecule has 1 heterocycles. The van der Waals surface area contributed by atoms with Crippen LogP contribution >= 0.6 is 0 Å². The number of ether oxygens (including phenoxy) is 1. The Labute approximate surface area is 71.9 Å². The third kappa shape index (κ3) is 3.19. The third-order valence-electron chi connectivity index (χ3n) is 1.86. The van der Waals surface area contributed by atoms with Gasteiger partial charge in [0.2, 0.25) is 5.91 Å². The highest BCUT2D eigenvalue weighted by Crippen LogP contribution is 2.03. The molecule has 70 valence electrons. The highest BCUT2D eigenvalue weighted by Gasteiger charge is 2.16. The first-order valence-corrected chi connectivity index (χ1v) is 4.31. The van der Waals surface area contributed by atoms with Crippen LogP contribution in [0.5, 0.6) is 0 Å². The van der Waals surface area contributed by atoms with Crippen LogP contribution in [-0.2, 0) is 9.53 Å². The molecule has 1 saturated heterocycles. The van der Waals surface area contributed by atoms with Crippen molar-refractivity contribution in [1.82, 2.24) is 5.32 Å². The zero-order chi connectivity index (χ0) is 8.81. The number of amides is 1. The van der Waals surface area contributed by atoms with Gasteiger partial charge in [0.05, 0.1) is 12.6 Å². The minimum Gasteiger partial charge on any atom is -0.396 e. The lowest BCUT2D eigenvalue weighted by Crippen LogP contribution is -2.34. The number of hydrogen-bond donors (Lipinski definition) is 2. The molecular formula is C8H15NO3. The summed E-state index contributed by atoms with van der Waals surface area (Å²) >= 11 is 0. The van der Waals surface area contributed by atoms with E-state index in [-0.39, 0.29) is 18.6 Å². The highest BCUT2D eigenvalue weighted by molar-refractivity contribution is 5.76. The van der Waals surface area contributed by atoms with Crippen molar-refractivity contribution in [2.45, 2.75) is 25.3 Å². The Morgan fingerprint density at radius 2 is 2.50 bits per heavy atom. The van der Waals surface area contributed by atoms with Crippen LogP contribution in [0, 0.1) is 0 Å². The summed E-state index contributed by atoms with van der Waals surface area (Å²) in [6.45, 7) is 1.45. The molecular weight excluding hydrogens is 158 g/mol. The number of carbonyl (C=O) groups excluding carboxylic acids is 1. The smallest absolute Gasteiger partial charge is 0.220 e. The second-order valence-electron chi connectivity index (χ2n) is 2.96. The zero-order valence-electron chi connectivity index (χ0n) is 7.08. The standard InChI is InChI=1S/C8H15NO3/c10-4-1-2-8(11)9-7-3-5-12-6-7/h7,10H,1-6H2,(H,9,11). The SMILES string of the molecule is O=C(CCCO)NC1CCOC1. The van der Waals surface area contributed by atoms with Gasteiger partial charge in [0.15, 0.2) is 0 Å². The van der Waals surface area contributed by atoms with Gasteiger partial charge in [-0.15, -0.1) is 0 Å². The van der Waals surface area contributed by atoms with E-state index in [0.717, 1.165) is 13.0 Å². The maximum atomic E-state index is 11.1. The molecule has 1 amide bonds. The zero-order valence-corrected chi connectivity index (χ0v) is 7.08. The maximum Gasteiger partial charge on any atom is 0.220 e. The van der Waals surface area contributed by atoms with E-state index in [1.807, 2.05) is 0 Å². The van der Waals surface area contributed by atoms with E-state index < -0.39 is 0 Å². The largest absolute Gasteiger partial charge is 0.396 e. The fraction of sp³-hybridized carbons (Fsp3) is 0.875. The molecule has 1 aliphatic heterocycles. The second kappa shape index (κ2) is 5.11. The van der Waals surface area contributed by atoms with E-state index in [2.05, 4.69) is 5.32 Å². The summed E-state index contributed by atoms with van der Waals surface area (Å²) in [5.41, 5.74) is 0. The van der Waals surface area contributed by atoms with Gasteiger partial charge in [0.1, 0.15) is 0 Å². The van der Waals surface area contributed by atoms with E-state index in [1.165, 1.54) is 0 Å². The van der Waals surface area contributed by atoms with E-state index in [9.17, 15) is 4.79 Å². The molecule has 2 N–H and O–H groups in total. The lowest BCUT2D eigenvalue weighted by molar-refractivity contribution is -0.122. The van der Waals surface area contributed by atoms with Gasteiger partial charge >= 0.3 is 0 Å². The van der Waals surface area contributed by atoms with Crippen molar-refractivity contribution in [3.63, 3.8) is 0 Å². The minimum absolute atomic E-state index is 0.0135. The average Bonchev–Trinajstić information content (AvgIpc) is 2.53. The summed E-state index contributed by atoms with van der Waals surface area (Å²) in [5.74, 6) is 0.0135. The van der Waals surface area contributed by atoms with Crippen LogP contribution in [0.3, 0.4) is 0 Å². The topological polar surface area (TPSA) is 58.6 Å². The summed E-state index contributed by atoms with van der Waals surface area (Å²) in [5, 5.41) is 11.3. The Balaban J connectivity index is 2.08. The van der Waals surface area contributed by atoms with Gasteiger partial charge in [0, 0.05) is 19.6 Å². The average molecular weight is 173 g/mol. The number of nitrogens with one attached hydrogen (secondary N) is 1. The Kier molecular flexibility index (Phi) is 4.04. The molecule has 1 rings (SSSR count). The van der Waals surface area contributed by atoms with Crippen LogP contribution in [-0.4, -0.2) is 36.9 Å². The molecule has 0 radical (unpaired) electrons.